The van der Waals surface area contributed by atoms with Crippen molar-refractivity contribution in [3.63, 3.8) is 0 Å². The van der Waals surface area contributed by atoms with Gasteiger partial charge in [0.1, 0.15) is 11.5 Å². The van der Waals surface area contributed by atoms with Gasteiger partial charge in [0, 0.05) is 17.9 Å². The predicted octanol–water partition coefficient (Wildman–Crippen LogP) is 2.10. The molecule has 3 aliphatic rings. The monoisotopic (exact) mass is 416 g/mol. The lowest BCUT2D eigenvalue weighted by Gasteiger charge is -2.55. The topological polar surface area (TPSA) is 112 Å². The molecule has 2 heterocycles. The minimum atomic E-state index is -1.77. The quantitative estimate of drug-likeness (QED) is 0.589. The molecule has 1 saturated carbocycles. The largest absolute Gasteiger partial charge is 0.472 e. The van der Waals surface area contributed by atoms with E-state index in [0.29, 0.717) is 5.56 Å². The standard InChI is InChI=1S/C22H24O8/c1-12-9-17(23)22(20(26)28-3)14(18(24)27-2)5-4-6-16(22)21(12)10-15(30-19(21)25)13-7-8-29-11-13/h4-8,11-12,15-17,23H,9-10H2,1-3H3/t12-,15+,16-,17+,21-,22-/m1/s1. The molecule has 1 aliphatic heterocycles. The van der Waals surface area contributed by atoms with Gasteiger partial charge in [0.15, 0.2) is 0 Å². The summed E-state index contributed by atoms with van der Waals surface area (Å²) in [6.07, 6.45) is 6.37. The van der Waals surface area contributed by atoms with Crippen LogP contribution in [-0.4, -0.2) is 43.3 Å². The fourth-order valence-corrected chi connectivity index (χ4v) is 5.58. The predicted molar refractivity (Wildman–Crippen MR) is 102 cm³/mol. The minimum Gasteiger partial charge on any atom is -0.472 e. The van der Waals surface area contributed by atoms with Crippen molar-refractivity contribution in [2.24, 2.45) is 22.7 Å². The molecule has 1 spiro atoms. The Labute approximate surface area is 173 Å². The Balaban J connectivity index is 1.90. The van der Waals surface area contributed by atoms with Crippen LogP contribution in [0.25, 0.3) is 0 Å². The summed E-state index contributed by atoms with van der Waals surface area (Å²) in [5.41, 5.74) is -2.22. The summed E-state index contributed by atoms with van der Waals surface area (Å²) in [5.74, 6) is -3.17. The highest BCUT2D eigenvalue weighted by molar-refractivity contribution is 6.01. The van der Waals surface area contributed by atoms with Crippen molar-refractivity contribution < 1.29 is 38.1 Å². The molecular formula is C22H24O8. The third-order valence-electron chi connectivity index (χ3n) is 7.04. The van der Waals surface area contributed by atoms with E-state index in [0.717, 1.165) is 0 Å². The van der Waals surface area contributed by atoms with Crippen LogP contribution in [0.1, 0.15) is 31.4 Å². The first kappa shape index (κ1) is 20.4. The Hall–Kier alpha value is -2.87. The van der Waals surface area contributed by atoms with E-state index >= 15 is 0 Å². The molecule has 0 unspecified atom stereocenters. The number of hydrogen-bond acceptors (Lipinski definition) is 8. The number of fused-ring (bicyclic) bond motifs is 2. The van der Waals surface area contributed by atoms with Gasteiger partial charge in [-0.2, -0.15) is 0 Å². The third kappa shape index (κ3) is 2.46. The van der Waals surface area contributed by atoms with Crippen molar-refractivity contribution in [1.29, 1.82) is 0 Å². The van der Waals surface area contributed by atoms with Gasteiger partial charge in [-0.3, -0.25) is 9.59 Å². The van der Waals surface area contributed by atoms with Crippen molar-refractivity contribution >= 4 is 17.9 Å². The summed E-state index contributed by atoms with van der Waals surface area (Å²) in [6.45, 7) is 1.85. The summed E-state index contributed by atoms with van der Waals surface area (Å²) in [4.78, 5) is 39.2. The number of carbonyl (C=O) groups is 3. The lowest BCUT2D eigenvalue weighted by atomic mass is 9.46. The SMILES string of the molecule is COC(=O)C1=CC=C[C@@H]2[C@@]3(C[C@@H](c4ccoc4)OC3=O)[C@H](C)C[C@H](O)[C@@]12C(=O)OC. The second-order valence-electron chi connectivity index (χ2n) is 8.14. The Morgan fingerprint density at radius 2 is 2.03 bits per heavy atom. The number of allylic oxidation sites excluding steroid dienone is 3. The van der Waals surface area contributed by atoms with Gasteiger partial charge in [0.05, 0.1) is 43.8 Å². The number of aliphatic hydroxyl groups is 1. The second kappa shape index (κ2) is 7.12. The second-order valence-corrected chi connectivity index (χ2v) is 8.14. The van der Waals surface area contributed by atoms with Gasteiger partial charge in [0.2, 0.25) is 0 Å². The summed E-state index contributed by atoms with van der Waals surface area (Å²) in [5, 5.41) is 11.2. The maximum Gasteiger partial charge on any atom is 0.335 e. The van der Waals surface area contributed by atoms with Crippen LogP contribution in [0.2, 0.25) is 0 Å². The summed E-state index contributed by atoms with van der Waals surface area (Å²) < 4.78 is 20.8. The molecule has 0 aromatic carbocycles. The molecule has 1 aromatic heterocycles. The van der Waals surface area contributed by atoms with E-state index in [9.17, 15) is 19.5 Å². The van der Waals surface area contributed by atoms with E-state index in [1.54, 1.807) is 18.2 Å². The lowest BCUT2D eigenvalue weighted by Crippen LogP contribution is -2.64. The summed E-state index contributed by atoms with van der Waals surface area (Å²) in [7, 11) is 2.40. The zero-order valence-corrected chi connectivity index (χ0v) is 17.0. The van der Waals surface area contributed by atoms with E-state index in [4.69, 9.17) is 18.6 Å². The average Bonchev–Trinajstić information content (AvgIpc) is 3.39. The molecule has 160 valence electrons. The molecule has 1 aromatic rings. The Bertz CT molecular complexity index is 929. The van der Waals surface area contributed by atoms with Gasteiger partial charge in [-0.15, -0.1) is 0 Å². The minimum absolute atomic E-state index is 0.0253. The number of ether oxygens (including phenoxy) is 3. The number of rotatable bonds is 3. The third-order valence-corrected chi connectivity index (χ3v) is 7.04. The van der Waals surface area contributed by atoms with Gasteiger partial charge in [0.25, 0.3) is 0 Å². The number of carbonyl (C=O) groups excluding carboxylic acids is 3. The first-order valence-electron chi connectivity index (χ1n) is 9.80. The summed E-state index contributed by atoms with van der Waals surface area (Å²) >= 11 is 0. The molecule has 1 N–H and O–H groups in total. The first-order valence-corrected chi connectivity index (χ1v) is 9.80. The van der Waals surface area contributed by atoms with Crippen molar-refractivity contribution in [1.82, 2.24) is 0 Å². The van der Waals surface area contributed by atoms with Gasteiger partial charge in [-0.05, 0) is 18.4 Å². The highest BCUT2D eigenvalue weighted by Gasteiger charge is 2.72. The summed E-state index contributed by atoms with van der Waals surface area (Å²) in [6, 6.07) is 1.73. The van der Waals surface area contributed by atoms with E-state index in [2.05, 4.69) is 0 Å². The highest BCUT2D eigenvalue weighted by atomic mass is 16.6. The van der Waals surface area contributed by atoms with Gasteiger partial charge >= 0.3 is 17.9 Å². The molecule has 2 aliphatic carbocycles. The number of aliphatic hydroxyl groups excluding tert-OH is 1. The first-order chi connectivity index (χ1) is 14.3. The Morgan fingerprint density at radius 3 is 2.67 bits per heavy atom. The lowest BCUT2D eigenvalue weighted by molar-refractivity contribution is -0.185. The van der Waals surface area contributed by atoms with E-state index < -0.39 is 46.9 Å². The molecule has 2 fully saturated rings. The molecule has 0 amide bonds. The maximum absolute atomic E-state index is 13.4. The van der Waals surface area contributed by atoms with Crippen molar-refractivity contribution in [2.45, 2.75) is 32.0 Å². The fraction of sp³-hybridized carbons (Fsp3) is 0.500. The maximum atomic E-state index is 13.4. The van der Waals surface area contributed by atoms with Crippen LogP contribution in [0.4, 0.5) is 0 Å². The van der Waals surface area contributed by atoms with Gasteiger partial charge in [-0.25, -0.2) is 4.79 Å². The Kier molecular flexibility index (Phi) is 4.85. The molecule has 8 nitrogen and oxygen atoms in total. The smallest absolute Gasteiger partial charge is 0.335 e. The molecule has 1 saturated heterocycles. The van der Waals surface area contributed by atoms with E-state index in [1.807, 2.05) is 6.92 Å². The Morgan fingerprint density at radius 1 is 1.27 bits per heavy atom. The van der Waals surface area contributed by atoms with Crippen LogP contribution >= 0.6 is 0 Å². The molecule has 4 rings (SSSR count). The zero-order valence-electron chi connectivity index (χ0n) is 17.0. The number of furan rings is 1. The molecule has 30 heavy (non-hydrogen) atoms. The fourth-order valence-electron chi connectivity index (χ4n) is 5.58. The number of esters is 3. The van der Waals surface area contributed by atoms with Gasteiger partial charge < -0.3 is 23.7 Å². The zero-order chi connectivity index (χ0) is 21.7. The van der Waals surface area contributed by atoms with Crippen LogP contribution in [0, 0.1) is 22.7 Å². The van der Waals surface area contributed by atoms with Crippen molar-refractivity contribution in [2.75, 3.05) is 14.2 Å². The molecule has 8 heteroatoms. The number of hydrogen-bond donors (Lipinski definition) is 1. The molecule has 0 radical (unpaired) electrons. The molecule has 0 bridgehead atoms. The van der Waals surface area contributed by atoms with Crippen molar-refractivity contribution in [3.8, 4) is 0 Å². The van der Waals surface area contributed by atoms with Crippen LogP contribution in [0.3, 0.4) is 0 Å². The van der Waals surface area contributed by atoms with Crippen LogP contribution in [0.15, 0.2) is 46.8 Å². The van der Waals surface area contributed by atoms with E-state index in [-0.39, 0.29) is 24.3 Å². The van der Waals surface area contributed by atoms with Crippen LogP contribution < -0.4 is 0 Å². The normalized spacial score (nSPS) is 37.3. The number of cyclic esters (lactones) is 1. The van der Waals surface area contributed by atoms with E-state index in [1.165, 1.54) is 32.8 Å². The van der Waals surface area contributed by atoms with Crippen LogP contribution in [-0.2, 0) is 28.6 Å². The van der Waals surface area contributed by atoms with Crippen molar-refractivity contribution in [3.05, 3.63) is 48.0 Å². The average molecular weight is 416 g/mol. The van der Waals surface area contributed by atoms with Gasteiger partial charge in [-0.1, -0.05) is 25.2 Å². The van der Waals surface area contributed by atoms with Crippen LogP contribution in [0.5, 0.6) is 0 Å². The molecule has 6 atom stereocenters. The highest BCUT2D eigenvalue weighted by Crippen LogP contribution is 2.65. The number of methoxy groups -OCH3 is 2. The molecular weight excluding hydrogens is 392 g/mol.